The Kier molecular flexibility index (Phi) is 3.14. The molecule has 2 rings (SSSR count). The summed E-state index contributed by atoms with van der Waals surface area (Å²) in [5.41, 5.74) is 0. The Morgan fingerprint density at radius 3 is 3.14 bits per heavy atom. The Balaban J connectivity index is 1.54. The van der Waals surface area contributed by atoms with E-state index in [2.05, 4.69) is 27.4 Å². The summed E-state index contributed by atoms with van der Waals surface area (Å²) in [4.78, 5) is 4.09. The molecule has 1 aliphatic rings. The van der Waals surface area contributed by atoms with E-state index in [1.54, 1.807) is 6.33 Å². The molecule has 4 nitrogen and oxygen atoms in total. The molecule has 4 heteroatoms. The van der Waals surface area contributed by atoms with Gasteiger partial charge in [0.05, 0.1) is 0 Å². The molecule has 1 aromatic heterocycles. The van der Waals surface area contributed by atoms with Crippen molar-refractivity contribution in [3.63, 3.8) is 0 Å². The fourth-order valence-electron chi connectivity index (χ4n) is 1.70. The standard InChI is InChI=1S/C10H18N4/c1-8(9-4-5-9)11-6-2-3-10-12-7-13-14-10/h7-9,11H,2-6H2,1H3,(H,12,13,14). The van der Waals surface area contributed by atoms with Gasteiger partial charge in [-0.15, -0.1) is 0 Å². The maximum atomic E-state index is 4.09. The maximum Gasteiger partial charge on any atom is 0.137 e. The fraction of sp³-hybridized carbons (Fsp3) is 0.800. The average molecular weight is 194 g/mol. The minimum Gasteiger partial charge on any atom is -0.314 e. The van der Waals surface area contributed by atoms with Gasteiger partial charge in [-0.05, 0) is 38.6 Å². The van der Waals surface area contributed by atoms with Crippen LogP contribution >= 0.6 is 0 Å². The highest BCUT2D eigenvalue weighted by atomic mass is 15.2. The highest BCUT2D eigenvalue weighted by Crippen LogP contribution is 2.32. The van der Waals surface area contributed by atoms with Crippen molar-refractivity contribution in [2.75, 3.05) is 6.54 Å². The van der Waals surface area contributed by atoms with Gasteiger partial charge in [0.15, 0.2) is 0 Å². The normalized spacial score (nSPS) is 18.4. The van der Waals surface area contributed by atoms with Gasteiger partial charge in [0.25, 0.3) is 0 Å². The molecule has 14 heavy (non-hydrogen) atoms. The van der Waals surface area contributed by atoms with Gasteiger partial charge in [0.2, 0.25) is 0 Å². The van der Waals surface area contributed by atoms with E-state index < -0.39 is 0 Å². The van der Waals surface area contributed by atoms with E-state index in [9.17, 15) is 0 Å². The van der Waals surface area contributed by atoms with Crippen LogP contribution in [0, 0.1) is 5.92 Å². The molecule has 1 saturated carbocycles. The SMILES string of the molecule is CC(NCCCc1ncn[nH]1)C1CC1. The molecule has 0 amide bonds. The topological polar surface area (TPSA) is 53.6 Å². The van der Waals surface area contributed by atoms with E-state index in [4.69, 9.17) is 0 Å². The Hall–Kier alpha value is -0.900. The summed E-state index contributed by atoms with van der Waals surface area (Å²) in [6.07, 6.45) is 6.51. The first-order valence-corrected chi connectivity index (χ1v) is 5.44. The molecule has 78 valence electrons. The van der Waals surface area contributed by atoms with Crippen LogP contribution in [0.4, 0.5) is 0 Å². The van der Waals surface area contributed by atoms with E-state index in [0.29, 0.717) is 6.04 Å². The molecular weight excluding hydrogens is 176 g/mol. The van der Waals surface area contributed by atoms with Crippen LogP contribution in [0.2, 0.25) is 0 Å². The van der Waals surface area contributed by atoms with Crippen molar-refractivity contribution in [3.8, 4) is 0 Å². The van der Waals surface area contributed by atoms with Crippen LogP contribution in [-0.2, 0) is 6.42 Å². The first-order valence-electron chi connectivity index (χ1n) is 5.44. The lowest BCUT2D eigenvalue weighted by molar-refractivity contribution is 0.488. The van der Waals surface area contributed by atoms with E-state index in [1.807, 2.05) is 0 Å². The number of hydrogen-bond acceptors (Lipinski definition) is 3. The zero-order valence-electron chi connectivity index (χ0n) is 8.66. The Morgan fingerprint density at radius 1 is 1.64 bits per heavy atom. The number of aromatic nitrogens is 3. The Morgan fingerprint density at radius 2 is 2.50 bits per heavy atom. The average Bonchev–Trinajstić information content (AvgIpc) is 2.92. The molecular formula is C10H18N4. The van der Waals surface area contributed by atoms with Crippen molar-refractivity contribution >= 4 is 0 Å². The molecule has 1 atom stereocenters. The van der Waals surface area contributed by atoms with Crippen LogP contribution < -0.4 is 5.32 Å². The number of nitrogens with one attached hydrogen (secondary N) is 2. The van der Waals surface area contributed by atoms with Crippen LogP contribution in [-0.4, -0.2) is 27.8 Å². The molecule has 0 radical (unpaired) electrons. The smallest absolute Gasteiger partial charge is 0.137 e. The third-order valence-corrected chi connectivity index (χ3v) is 2.85. The predicted molar refractivity (Wildman–Crippen MR) is 54.9 cm³/mol. The van der Waals surface area contributed by atoms with Crippen LogP contribution in [0.15, 0.2) is 6.33 Å². The van der Waals surface area contributed by atoms with Gasteiger partial charge >= 0.3 is 0 Å². The number of aromatic amines is 1. The Bertz CT molecular complexity index is 253. The summed E-state index contributed by atoms with van der Waals surface area (Å²) in [7, 11) is 0. The molecule has 0 spiro atoms. The lowest BCUT2D eigenvalue weighted by atomic mass is 10.2. The number of hydrogen-bond donors (Lipinski definition) is 2. The lowest BCUT2D eigenvalue weighted by Crippen LogP contribution is -2.29. The molecule has 1 aliphatic carbocycles. The van der Waals surface area contributed by atoms with Crippen LogP contribution in [0.5, 0.6) is 0 Å². The number of rotatable bonds is 6. The highest BCUT2D eigenvalue weighted by Gasteiger charge is 2.26. The molecule has 0 bridgehead atoms. The monoisotopic (exact) mass is 194 g/mol. The van der Waals surface area contributed by atoms with E-state index in [-0.39, 0.29) is 0 Å². The van der Waals surface area contributed by atoms with Crippen molar-refractivity contribution < 1.29 is 0 Å². The minimum absolute atomic E-state index is 0.699. The van der Waals surface area contributed by atoms with Crippen LogP contribution in [0.3, 0.4) is 0 Å². The van der Waals surface area contributed by atoms with Crippen molar-refractivity contribution in [3.05, 3.63) is 12.2 Å². The summed E-state index contributed by atoms with van der Waals surface area (Å²) >= 11 is 0. The third kappa shape index (κ3) is 2.80. The van der Waals surface area contributed by atoms with Crippen LogP contribution in [0.1, 0.15) is 32.0 Å². The van der Waals surface area contributed by atoms with Crippen molar-refractivity contribution in [2.45, 2.75) is 38.6 Å². The van der Waals surface area contributed by atoms with Crippen LogP contribution in [0.25, 0.3) is 0 Å². The van der Waals surface area contributed by atoms with Crippen molar-refractivity contribution in [2.24, 2.45) is 5.92 Å². The molecule has 1 unspecified atom stereocenters. The van der Waals surface area contributed by atoms with E-state index in [1.165, 1.54) is 12.8 Å². The highest BCUT2D eigenvalue weighted by molar-refractivity contribution is 4.84. The zero-order valence-corrected chi connectivity index (χ0v) is 8.66. The summed E-state index contributed by atoms with van der Waals surface area (Å²) in [5.74, 6) is 1.94. The van der Waals surface area contributed by atoms with Gasteiger partial charge in [0, 0.05) is 12.5 Å². The summed E-state index contributed by atoms with van der Waals surface area (Å²) in [6, 6.07) is 0.699. The zero-order chi connectivity index (χ0) is 9.80. The number of aryl methyl sites for hydroxylation is 1. The second kappa shape index (κ2) is 4.55. The quantitative estimate of drug-likeness (QED) is 0.667. The summed E-state index contributed by atoms with van der Waals surface area (Å²) < 4.78 is 0. The molecule has 1 heterocycles. The van der Waals surface area contributed by atoms with Gasteiger partial charge in [-0.3, -0.25) is 5.10 Å². The van der Waals surface area contributed by atoms with Crippen molar-refractivity contribution in [1.82, 2.24) is 20.5 Å². The van der Waals surface area contributed by atoms with Gasteiger partial charge in [-0.25, -0.2) is 4.98 Å². The summed E-state index contributed by atoms with van der Waals surface area (Å²) in [5, 5.41) is 10.2. The molecule has 1 aromatic rings. The second-order valence-corrected chi connectivity index (χ2v) is 4.12. The molecule has 0 aliphatic heterocycles. The maximum absolute atomic E-state index is 4.09. The van der Waals surface area contributed by atoms with Gasteiger partial charge in [-0.1, -0.05) is 0 Å². The number of H-pyrrole nitrogens is 1. The van der Waals surface area contributed by atoms with E-state index >= 15 is 0 Å². The van der Waals surface area contributed by atoms with Gasteiger partial charge in [0.1, 0.15) is 12.2 Å². The molecule has 0 saturated heterocycles. The number of nitrogens with zero attached hydrogens (tertiary/aromatic N) is 2. The minimum atomic E-state index is 0.699. The first kappa shape index (κ1) is 9.65. The molecule has 0 aromatic carbocycles. The molecule has 2 N–H and O–H groups in total. The third-order valence-electron chi connectivity index (χ3n) is 2.85. The predicted octanol–water partition coefficient (Wildman–Crippen LogP) is 1.13. The van der Waals surface area contributed by atoms with Crippen molar-refractivity contribution in [1.29, 1.82) is 0 Å². The summed E-state index contributed by atoms with van der Waals surface area (Å²) in [6.45, 7) is 3.37. The largest absolute Gasteiger partial charge is 0.314 e. The second-order valence-electron chi connectivity index (χ2n) is 4.12. The van der Waals surface area contributed by atoms with E-state index in [0.717, 1.165) is 31.1 Å². The molecule has 1 fully saturated rings. The van der Waals surface area contributed by atoms with Gasteiger partial charge in [-0.2, -0.15) is 5.10 Å². The lowest BCUT2D eigenvalue weighted by Gasteiger charge is -2.11. The Labute approximate surface area is 84.5 Å². The van der Waals surface area contributed by atoms with Gasteiger partial charge < -0.3 is 5.32 Å². The first-order chi connectivity index (χ1) is 6.86. The fourth-order valence-corrected chi connectivity index (χ4v) is 1.70.